The number of halogens is 1. The number of aliphatic hydroxyl groups is 1. The van der Waals surface area contributed by atoms with Crippen LogP contribution in [0.1, 0.15) is 32.8 Å². The van der Waals surface area contributed by atoms with E-state index in [4.69, 9.17) is 16.7 Å². The summed E-state index contributed by atoms with van der Waals surface area (Å²) in [4.78, 5) is 12.2. The van der Waals surface area contributed by atoms with Crippen molar-refractivity contribution in [1.29, 1.82) is 0 Å². The van der Waals surface area contributed by atoms with Crippen molar-refractivity contribution in [3.63, 3.8) is 0 Å². The molecule has 0 radical (unpaired) electrons. The van der Waals surface area contributed by atoms with E-state index in [1.165, 1.54) is 0 Å². The molecule has 1 atom stereocenters. The molecule has 106 valence electrons. The number of amides is 1. The molecule has 0 bridgehead atoms. The number of aliphatic hydroxyl groups excluding tert-OH is 1. The second-order valence-electron chi connectivity index (χ2n) is 5.58. The molecule has 19 heavy (non-hydrogen) atoms. The van der Waals surface area contributed by atoms with Gasteiger partial charge in [0.05, 0.1) is 0 Å². The first-order chi connectivity index (χ1) is 8.85. The molecule has 0 aliphatic carbocycles. The highest BCUT2D eigenvalue weighted by Crippen LogP contribution is 2.24. The second kappa shape index (κ2) is 6.92. The molecule has 2 N–H and O–H groups in total. The van der Waals surface area contributed by atoms with Crippen LogP contribution in [-0.2, 0) is 11.2 Å². The van der Waals surface area contributed by atoms with Gasteiger partial charge in [-0.25, -0.2) is 0 Å². The van der Waals surface area contributed by atoms with Crippen molar-refractivity contribution < 1.29 is 9.90 Å². The molecule has 0 saturated carbocycles. The van der Waals surface area contributed by atoms with Crippen LogP contribution in [0.4, 0.5) is 0 Å². The minimum Gasteiger partial charge on any atom is -0.396 e. The van der Waals surface area contributed by atoms with Crippen molar-refractivity contribution in [3.05, 3.63) is 34.9 Å². The zero-order valence-corrected chi connectivity index (χ0v) is 12.5. The topological polar surface area (TPSA) is 49.3 Å². The Hall–Kier alpha value is -1.06. The first-order valence-corrected chi connectivity index (χ1v) is 6.89. The van der Waals surface area contributed by atoms with E-state index < -0.39 is 5.41 Å². The molecular formula is C15H22ClNO2. The molecule has 0 heterocycles. The lowest BCUT2D eigenvalue weighted by Gasteiger charge is -2.26. The maximum atomic E-state index is 12.2. The van der Waals surface area contributed by atoms with Crippen molar-refractivity contribution in [2.24, 2.45) is 5.41 Å². The number of nitrogens with one attached hydrogen (secondary N) is 1. The Morgan fingerprint density at radius 2 is 2.16 bits per heavy atom. The van der Waals surface area contributed by atoms with Crippen LogP contribution < -0.4 is 5.32 Å². The molecule has 4 heteroatoms. The first-order valence-electron chi connectivity index (χ1n) is 6.51. The zero-order chi connectivity index (χ0) is 14.5. The van der Waals surface area contributed by atoms with E-state index in [9.17, 15) is 4.79 Å². The van der Waals surface area contributed by atoms with Crippen molar-refractivity contribution >= 4 is 17.5 Å². The fourth-order valence-corrected chi connectivity index (χ4v) is 2.14. The van der Waals surface area contributed by atoms with Crippen LogP contribution in [0.25, 0.3) is 0 Å². The Balaban J connectivity index is 2.66. The van der Waals surface area contributed by atoms with E-state index in [0.717, 1.165) is 5.56 Å². The van der Waals surface area contributed by atoms with Crippen LogP contribution in [0.5, 0.6) is 0 Å². The Morgan fingerprint density at radius 3 is 2.74 bits per heavy atom. The summed E-state index contributed by atoms with van der Waals surface area (Å²) in [7, 11) is 0. The number of hydrogen-bond acceptors (Lipinski definition) is 2. The van der Waals surface area contributed by atoms with Gasteiger partial charge in [0.1, 0.15) is 0 Å². The van der Waals surface area contributed by atoms with Gasteiger partial charge >= 0.3 is 0 Å². The molecule has 0 spiro atoms. The molecule has 1 amide bonds. The van der Waals surface area contributed by atoms with Gasteiger partial charge < -0.3 is 10.4 Å². The Kier molecular flexibility index (Phi) is 5.83. The second-order valence-corrected chi connectivity index (χ2v) is 6.01. The Bertz CT molecular complexity index is 432. The number of benzene rings is 1. The van der Waals surface area contributed by atoms with Gasteiger partial charge in [-0.2, -0.15) is 0 Å². The van der Waals surface area contributed by atoms with Crippen LogP contribution >= 0.6 is 11.6 Å². The van der Waals surface area contributed by atoms with E-state index >= 15 is 0 Å². The Morgan fingerprint density at radius 1 is 1.47 bits per heavy atom. The van der Waals surface area contributed by atoms with Gasteiger partial charge in [0.15, 0.2) is 0 Å². The molecule has 0 aliphatic heterocycles. The maximum absolute atomic E-state index is 12.2. The summed E-state index contributed by atoms with van der Waals surface area (Å²) in [6, 6.07) is 7.55. The quantitative estimate of drug-likeness (QED) is 0.843. The summed E-state index contributed by atoms with van der Waals surface area (Å²) in [5.41, 5.74) is 0.538. The average Bonchev–Trinajstić information content (AvgIpc) is 2.28. The maximum Gasteiger partial charge on any atom is 0.226 e. The van der Waals surface area contributed by atoms with E-state index in [1.807, 2.05) is 45.0 Å². The van der Waals surface area contributed by atoms with Crippen LogP contribution in [0, 0.1) is 5.41 Å². The van der Waals surface area contributed by atoms with E-state index in [2.05, 4.69) is 5.32 Å². The normalized spacial score (nSPS) is 13.1. The van der Waals surface area contributed by atoms with Crippen molar-refractivity contribution in [1.82, 2.24) is 5.32 Å². The number of carbonyl (C=O) groups is 1. The molecule has 1 aromatic rings. The first kappa shape index (κ1) is 16.0. The van der Waals surface area contributed by atoms with Crippen molar-refractivity contribution in [2.45, 2.75) is 39.7 Å². The molecule has 0 aliphatic rings. The van der Waals surface area contributed by atoms with Crippen LogP contribution in [0.15, 0.2) is 24.3 Å². The van der Waals surface area contributed by atoms with Crippen molar-refractivity contribution in [3.8, 4) is 0 Å². The largest absolute Gasteiger partial charge is 0.396 e. The fraction of sp³-hybridized carbons (Fsp3) is 0.533. The summed E-state index contributed by atoms with van der Waals surface area (Å²) < 4.78 is 0. The third-order valence-electron chi connectivity index (χ3n) is 3.09. The molecule has 0 aromatic heterocycles. The zero-order valence-electron chi connectivity index (χ0n) is 11.7. The number of hydrogen-bond donors (Lipinski definition) is 2. The lowest BCUT2D eigenvalue weighted by molar-refractivity contribution is -0.130. The molecular weight excluding hydrogens is 262 g/mol. The van der Waals surface area contributed by atoms with E-state index in [1.54, 1.807) is 0 Å². The standard InChI is InChI=1S/C15H22ClNO2/c1-11(7-8-18)17-14(19)15(2,3)10-12-5-4-6-13(16)9-12/h4-6,9,11,18H,7-8,10H2,1-3H3,(H,17,19). The van der Waals surface area contributed by atoms with E-state index in [0.29, 0.717) is 17.9 Å². The van der Waals surface area contributed by atoms with Gasteiger partial charge in [0.2, 0.25) is 5.91 Å². The molecule has 1 rings (SSSR count). The van der Waals surface area contributed by atoms with Gasteiger partial charge in [-0.3, -0.25) is 4.79 Å². The van der Waals surface area contributed by atoms with E-state index in [-0.39, 0.29) is 18.6 Å². The molecule has 0 fully saturated rings. The lowest BCUT2D eigenvalue weighted by atomic mass is 9.84. The minimum absolute atomic E-state index is 0.00609. The summed E-state index contributed by atoms with van der Waals surface area (Å²) >= 11 is 5.95. The van der Waals surface area contributed by atoms with Gasteiger partial charge in [-0.15, -0.1) is 0 Å². The molecule has 0 saturated heterocycles. The summed E-state index contributed by atoms with van der Waals surface area (Å²) in [6.45, 7) is 5.80. The highest BCUT2D eigenvalue weighted by atomic mass is 35.5. The Labute approximate surface area is 120 Å². The lowest BCUT2D eigenvalue weighted by Crippen LogP contribution is -2.43. The third kappa shape index (κ3) is 5.21. The van der Waals surface area contributed by atoms with Gasteiger partial charge in [-0.05, 0) is 37.5 Å². The molecule has 3 nitrogen and oxygen atoms in total. The molecule has 1 unspecified atom stereocenters. The van der Waals surface area contributed by atoms with Crippen LogP contribution in [0.2, 0.25) is 5.02 Å². The summed E-state index contributed by atoms with van der Waals surface area (Å²) in [5.74, 6) is -0.00609. The summed E-state index contributed by atoms with van der Waals surface area (Å²) in [6.07, 6.45) is 1.20. The van der Waals surface area contributed by atoms with Gasteiger partial charge in [0.25, 0.3) is 0 Å². The third-order valence-corrected chi connectivity index (χ3v) is 3.32. The fourth-order valence-electron chi connectivity index (χ4n) is 1.92. The predicted octanol–water partition coefficient (Wildman–Crippen LogP) is 2.80. The van der Waals surface area contributed by atoms with Crippen LogP contribution in [-0.4, -0.2) is 23.7 Å². The predicted molar refractivity (Wildman–Crippen MR) is 78.2 cm³/mol. The minimum atomic E-state index is -0.506. The monoisotopic (exact) mass is 283 g/mol. The van der Waals surface area contributed by atoms with Gasteiger partial charge in [0, 0.05) is 23.1 Å². The molecule has 1 aromatic carbocycles. The highest BCUT2D eigenvalue weighted by Gasteiger charge is 2.28. The van der Waals surface area contributed by atoms with Crippen molar-refractivity contribution in [2.75, 3.05) is 6.61 Å². The average molecular weight is 284 g/mol. The highest BCUT2D eigenvalue weighted by molar-refractivity contribution is 6.30. The van der Waals surface area contributed by atoms with Gasteiger partial charge in [-0.1, -0.05) is 37.6 Å². The summed E-state index contributed by atoms with van der Waals surface area (Å²) in [5, 5.41) is 12.5. The smallest absolute Gasteiger partial charge is 0.226 e. The number of rotatable bonds is 6. The van der Waals surface area contributed by atoms with Crippen LogP contribution in [0.3, 0.4) is 0 Å². The SMILES string of the molecule is CC(CCO)NC(=O)C(C)(C)Cc1cccc(Cl)c1. The number of carbonyl (C=O) groups excluding carboxylic acids is 1.